The monoisotopic (exact) mass is 730 g/mol. The molecule has 1 fully saturated rings. The van der Waals surface area contributed by atoms with Crippen molar-refractivity contribution in [2.45, 2.75) is 230 Å². The Balaban J connectivity index is 2.35. The molecule has 0 spiro atoms. The second-order valence-electron chi connectivity index (χ2n) is 14.9. The molecule has 0 saturated carbocycles. The molecular formula is C41H79NO9. The van der Waals surface area contributed by atoms with Crippen LogP contribution in [0.5, 0.6) is 0 Å². The van der Waals surface area contributed by atoms with E-state index in [9.17, 15) is 24.9 Å². The van der Waals surface area contributed by atoms with Gasteiger partial charge in [0.05, 0.1) is 6.61 Å². The molecule has 1 saturated heterocycles. The highest BCUT2D eigenvalue weighted by Crippen LogP contribution is 2.22. The molecule has 0 aliphatic carbocycles. The third kappa shape index (κ3) is 25.4. The van der Waals surface area contributed by atoms with E-state index in [0.717, 1.165) is 38.5 Å². The van der Waals surface area contributed by atoms with Crippen molar-refractivity contribution in [3.63, 3.8) is 0 Å². The fourth-order valence-electron chi connectivity index (χ4n) is 6.64. The minimum Gasteiger partial charge on any atom is -0.462 e. The maximum atomic E-state index is 12.7. The van der Waals surface area contributed by atoms with E-state index in [1.54, 1.807) is 0 Å². The van der Waals surface area contributed by atoms with Crippen molar-refractivity contribution in [1.29, 1.82) is 0 Å². The van der Waals surface area contributed by atoms with Crippen LogP contribution in [0.4, 0.5) is 0 Å². The number of unbranched alkanes of at least 4 members (excludes halogenated alkanes) is 24. The first kappa shape index (κ1) is 47.7. The van der Waals surface area contributed by atoms with E-state index in [1.165, 1.54) is 128 Å². The van der Waals surface area contributed by atoms with Gasteiger partial charge in [-0.2, -0.15) is 0 Å². The average molecular weight is 730 g/mol. The number of aliphatic hydroxyl groups excluding tert-OH is 3. The minimum absolute atomic E-state index is 0.0842. The summed E-state index contributed by atoms with van der Waals surface area (Å²) in [4.78, 5) is 25.2. The molecule has 10 heteroatoms. The zero-order valence-corrected chi connectivity index (χ0v) is 32.8. The van der Waals surface area contributed by atoms with Crippen LogP contribution in [0, 0.1) is 0 Å². The van der Waals surface area contributed by atoms with Crippen molar-refractivity contribution in [2.24, 2.45) is 5.73 Å². The van der Waals surface area contributed by atoms with E-state index in [-0.39, 0.29) is 32.1 Å². The lowest BCUT2D eigenvalue weighted by Crippen LogP contribution is -2.60. The standard InChI is InChI=1S/C41H79NO9/c1-3-5-7-9-11-13-15-17-19-21-23-25-27-29-36(43)48-32-34(33-49-41-40(47)39(46)38(45)35(31-42)51-41)50-37(44)30-28-26-24-22-20-18-16-14-12-10-8-6-4-2/h34-35,38-41,45-47H,3-33,42H2,1-2H3. The van der Waals surface area contributed by atoms with Crippen LogP contribution in [0.25, 0.3) is 0 Å². The third-order valence-electron chi connectivity index (χ3n) is 10.0. The van der Waals surface area contributed by atoms with Crippen LogP contribution in [0.3, 0.4) is 0 Å². The van der Waals surface area contributed by atoms with Gasteiger partial charge in [0, 0.05) is 19.4 Å². The first-order chi connectivity index (χ1) is 24.8. The van der Waals surface area contributed by atoms with Crippen LogP contribution in [0.15, 0.2) is 0 Å². The summed E-state index contributed by atoms with van der Waals surface area (Å²) in [6.07, 6.45) is 24.7. The minimum atomic E-state index is -1.52. The predicted octanol–water partition coefficient (Wildman–Crippen LogP) is 8.19. The Morgan fingerprint density at radius 3 is 1.35 bits per heavy atom. The van der Waals surface area contributed by atoms with Gasteiger partial charge in [0.25, 0.3) is 0 Å². The second-order valence-corrected chi connectivity index (χ2v) is 14.9. The lowest BCUT2D eigenvalue weighted by Gasteiger charge is -2.40. The highest BCUT2D eigenvalue weighted by molar-refractivity contribution is 5.70. The zero-order valence-electron chi connectivity index (χ0n) is 32.8. The maximum absolute atomic E-state index is 12.7. The molecule has 0 aromatic carbocycles. The topological polar surface area (TPSA) is 158 Å². The highest BCUT2D eigenvalue weighted by Gasteiger charge is 2.44. The SMILES string of the molecule is CCCCCCCCCCCCCCCC(=O)OCC(COC1OC(CN)C(O)C(O)C1O)OC(=O)CCCCCCCCCCCCCCC. The van der Waals surface area contributed by atoms with Crippen LogP contribution in [-0.2, 0) is 28.5 Å². The Morgan fingerprint density at radius 1 is 0.549 bits per heavy atom. The molecule has 1 rings (SSSR count). The molecule has 1 aliphatic rings. The van der Waals surface area contributed by atoms with Crippen molar-refractivity contribution in [1.82, 2.24) is 0 Å². The van der Waals surface area contributed by atoms with E-state index in [0.29, 0.717) is 6.42 Å². The number of hydrogen-bond acceptors (Lipinski definition) is 10. The van der Waals surface area contributed by atoms with Gasteiger partial charge in [0.1, 0.15) is 31.0 Å². The van der Waals surface area contributed by atoms with Gasteiger partial charge in [-0.25, -0.2) is 0 Å². The smallest absolute Gasteiger partial charge is 0.306 e. The van der Waals surface area contributed by atoms with Gasteiger partial charge in [0.15, 0.2) is 12.4 Å². The Hall–Kier alpha value is -1.30. The average Bonchev–Trinajstić information content (AvgIpc) is 3.13. The number of aliphatic hydroxyl groups is 3. The fraction of sp³-hybridized carbons (Fsp3) is 0.951. The molecule has 6 atom stereocenters. The van der Waals surface area contributed by atoms with Gasteiger partial charge in [-0.3, -0.25) is 9.59 Å². The summed E-state index contributed by atoms with van der Waals surface area (Å²) >= 11 is 0. The lowest BCUT2D eigenvalue weighted by atomic mass is 9.99. The van der Waals surface area contributed by atoms with Gasteiger partial charge in [-0.15, -0.1) is 0 Å². The molecule has 5 N–H and O–H groups in total. The van der Waals surface area contributed by atoms with Crippen LogP contribution in [0.1, 0.15) is 194 Å². The Labute approximate surface area is 311 Å². The van der Waals surface area contributed by atoms with E-state index in [4.69, 9.17) is 24.7 Å². The van der Waals surface area contributed by atoms with E-state index in [1.807, 2.05) is 0 Å². The van der Waals surface area contributed by atoms with E-state index >= 15 is 0 Å². The molecule has 0 aromatic rings. The molecule has 10 nitrogen and oxygen atoms in total. The molecule has 0 aromatic heterocycles. The predicted molar refractivity (Wildman–Crippen MR) is 203 cm³/mol. The Kier molecular flexibility index (Phi) is 31.1. The van der Waals surface area contributed by atoms with Gasteiger partial charge in [-0.1, -0.05) is 168 Å². The summed E-state index contributed by atoms with van der Waals surface area (Å²) in [6.45, 7) is 4.00. The molecule has 0 bridgehead atoms. The molecule has 0 amide bonds. The number of esters is 2. The lowest BCUT2D eigenvalue weighted by molar-refractivity contribution is -0.299. The van der Waals surface area contributed by atoms with Crippen LogP contribution >= 0.6 is 0 Å². The first-order valence-electron chi connectivity index (χ1n) is 21.2. The number of ether oxygens (including phenoxy) is 4. The van der Waals surface area contributed by atoms with Gasteiger partial charge in [0.2, 0.25) is 0 Å². The highest BCUT2D eigenvalue weighted by atomic mass is 16.7. The third-order valence-corrected chi connectivity index (χ3v) is 10.0. The number of carbonyl (C=O) groups excluding carboxylic acids is 2. The Morgan fingerprint density at radius 2 is 0.941 bits per heavy atom. The van der Waals surface area contributed by atoms with Crippen LogP contribution < -0.4 is 5.73 Å². The molecule has 1 aliphatic heterocycles. The summed E-state index contributed by atoms with van der Waals surface area (Å²) in [7, 11) is 0. The van der Waals surface area contributed by atoms with Crippen molar-refractivity contribution < 1.29 is 43.9 Å². The molecule has 0 radical (unpaired) electrons. The van der Waals surface area contributed by atoms with Crippen LogP contribution in [-0.4, -0.2) is 83.8 Å². The molecule has 302 valence electrons. The van der Waals surface area contributed by atoms with Crippen molar-refractivity contribution in [2.75, 3.05) is 19.8 Å². The van der Waals surface area contributed by atoms with Crippen molar-refractivity contribution >= 4 is 11.9 Å². The fourth-order valence-corrected chi connectivity index (χ4v) is 6.64. The molecule has 51 heavy (non-hydrogen) atoms. The first-order valence-corrected chi connectivity index (χ1v) is 21.2. The summed E-state index contributed by atoms with van der Waals surface area (Å²) in [5, 5.41) is 30.7. The van der Waals surface area contributed by atoms with Crippen molar-refractivity contribution in [3.05, 3.63) is 0 Å². The summed E-state index contributed by atoms with van der Waals surface area (Å²) in [5.41, 5.74) is 5.64. The quantitative estimate of drug-likeness (QED) is 0.0370. The molecule has 1 heterocycles. The summed E-state index contributed by atoms with van der Waals surface area (Å²) in [5.74, 6) is -0.758. The zero-order chi connectivity index (χ0) is 37.4. The normalized spacial score (nSPS) is 21.1. The summed E-state index contributed by atoms with van der Waals surface area (Å²) < 4.78 is 22.3. The number of carbonyl (C=O) groups is 2. The molecular weight excluding hydrogens is 650 g/mol. The van der Waals surface area contributed by atoms with E-state index in [2.05, 4.69) is 13.8 Å². The number of rotatable bonds is 35. The van der Waals surface area contributed by atoms with Crippen LogP contribution in [0.2, 0.25) is 0 Å². The second kappa shape index (κ2) is 33.3. The Bertz CT molecular complexity index is 814. The largest absolute Gasteiger partial charge is 0.462 e. The number of nitrogens with two attached hydrogens (primary N) is 1. The molecule has 6 unspecified atom stereocenters. The van der Waals surface area contributed by atoms with Crippen molar-refractivity contribution in [3.8, 4) is 0 Å². The van der Waals surface area contributed by atoms with Gasteiger partial charge >= 0.3 is 11.9 Å². The van der Waals surface area contributed by atoms with E-state index < -0.39 is 42.8 Å². The maximum Gasteiger partial charge on any atom is 0.306 e. The summed E-state index contributed by atoms with van der Waals surface area (Å²) in [6, 6.07) is 0. The van der Waals surface area contributed by atoms with Gasteiger partial charge < -0.3 is 40.0 Å². The number of hydrogen-bond donors (Lipinski definition) is 4. The van der Waals surface area contributed by atoms with Gasteiger partial charge in [-0.05, 0) is 12.8 Å².